The summed E-state index contributed by atoms with van der Waals surface area (Å²) in [5, 5.41) is 8.26. The van der Waals surface area contributed by atoms with Crippen molar-refractivity contribution >= 4 is 17.7 Å². The Morgan fingerprint density at radius 1 is 1.50 bits per heavy atom. The van der Waals surface area contributed by atoms with Gasteiger partial charge in [-0.05, 0) is 12.2 Å². The summed E-state index contributed by atoms with van der Waals surface area (Å²) >= 11 is 1.79. The van der Waals surface area contributed by atoms with E-state index in [2.05, 4.69) is 6.92 Å². The van der Waals surface area contributed by atoms with Crippen LogP contribution in [0.15, 0.2) is 12.2 Å². The zero-order chi connectivity index (χ0) is 9.23. The second-order valence-corrected chi connectivity index (χ2v) is 3.67. The van der Waals surface area contributed by atoms with E-state index < -0.39 is 5.97 Å². The molecule has 0 aliphatic rings. The van der Waals surface area contributed by atoms with Gasteiger partial charge in [-0.2, -0.15) is 11.8 Å². The Balaban J connectivity index is 3.05. The summed E-state index contributed by atoms with van der Waals surface area (Å²) in [6, 6.07) is 0. The van der Waals surface area contributed by atoms with Crippen LogP contribution in [0.1, 0.15) is 26.2 Å². The molecule has 12 heavy (non-hydrogen) atoms. The molecule has 0 bridgehead atoms. The van der Waals surface area contributed by atoms with E-state index in [1.165, 1.54) is 25.3 Å². The number of aliphatic carboxylic acids is 1. The molecule has 1 N–H and O–H groups in total. The summed E-state index contributed by atoms with van der Waals surface area (Å²) in [5.74, 6) is 1.09. The molecule has 0 amide bonds. The van der Waals surface area contributed by atoms with E-state index in [0.717, 1.165) is 11.5 Å². The molecule has 0 aromatic carbocycles. The van der Waals surface area contributed by atoms with Gasteiger partial charge in [-0.1, -0.05) is 25.8 Å². The summed E-state index contributed by atoms with van der Waals surface area (Å²) in [5.41, 5.74) is 0. The van der Waals surface area contributed by atoms with Crippen molar-refractivity contribution in [1.82, 2.24) is 0 Å². The molecule has 0 spiro atoms. The molecular weight excluding hydrogens is 172 g/mol. The van der Waals surface area contributed by atoms with Gasteiger partial charge in [0.05, 0.1) is 0 Å². The third kappa shape index (κ3) is 9.56. The fraction of sp³-hybridized carbons (Fsp3) is 0.667. The van der Waals surface area contributed by atoms with Crippen molar-refractivity contribution in [3.05, 3.63) is 12.2 Å². The normalized spacial score (nSPS) is 10.8. The fourth-order valence-electron chi connectivity index (χ4n) is 0.754. The highest BCUT2D eigenvalue weighted by atomic mass is 32.2. The van der Waals surface area contributed by atoms with Crippen LogP contribution < -0.4 is 0 Å². The van der Waals surface area contributed by atoms with E-state index in [4.69, 9.17) is 5.11 Å². The number of carbonyl (C=O) groups is 1. The molecule has 0 aliphatic carbocycles. The highest BCUT2D eigenvalue weighted by Gasteiger charge is 1.87. The fourth-order valence-corrected chi connectivity index (χ4v) is 1.56. The predicted molar refractivity (Wildman–Crippen MR) is 53.6 cm³/mol. The Morgan fingerprint density at radius 3 is 2.83 bits per heavy atom. The summed E-state index contributed by atoms with van der Waals surface area (Å²) < 4.78 is 0. The first-order chi connectivity index (χ1) is 5.77. The topological polar surface area (TPSA) is 37.3 Å². The molecule has 0 atom stereocenters. The Morgan fingerprint density at radius 2 is 2.25 bits per heavy atom. The first-order valence-corrected chi connectivity index (χ1v) is 5.40. The van der Waals surface area contributed by atoms with Crippen molar-refractivity contribution in [2.75, 3.05) is 11.5 Å². The number of hydrogen-bond acceptors (Lipinski definition) is 2. The lowest BCUT2D eigenvalue weighted by atomic mass is 10.3. The SMILES string of the molecule is CCCCCSC/C=C/C(=O)O. The highest BCUT2D eigenvalue weighted by molar-refractivity contribution is 7.99. The van der Waals surface area contributed by atoms with Gasteiger partial charge in [0.2, 0.25) is 0 Å². The molecule has 0 heterocycles. The molecule has 3 heteroatoms. The number of carboxylic acid groups (broad SMARTS) is 1. The average Bonchev–Trinajstić information content (AvgIpc) is 2.02. The lowest BCUT2D eigenvalue weighted by molar-refractivity contribution is -0.131. The van der Waals surface area contributed by atoms with E-state index in [-0.39, 0.29) is 0 Å². The third-order valence-electron chi connectivity index (χ3n) is 1.37. The van der Waals surface area contributed by atoms with Crippen molar-refractivity contribution in [2.24, 2.45) is 0 Å². The van der Waals surface area contributed by atoms with E-state index in [0.29, 0.717) is 0 Å². The van der Waals surface area contributed by atoms with Crippen LogP contribution in [0.25, 0.3) is 0 Å². The molecule has 0 radical (unpaired) electrons. The van der Waals surface area contributed by atoms with Crippen LogP contribution in [0.4, 0.5) is 0 Å². The standard InChI is InChI=1S/C9H16O2S/c1-2-3-4-7-12-8-5-6-9(10)11/h5-6H,2-4,7-8H2,1H3,(H,10,11)/b6-5+. The van der Waals surface area contributed by atoms with Crippen molar-refractivity contribution in [2.45, 2.75) is 26.2 Å². The van der Waals surface area contributed by atoms with Gasteiger partial charge in [0.25, 0.3) is 0 Å². The van der Waals surface area contributed by atoms with E-state index in [9.17, 15) is 4.79 Å². The maximum atomic E-state index is 10.0. The summed E-state index contributed by atoms with van der Waals surface area (Å²) in [6.07, 6.45) is 6.65. The first kappa shape index (κ1) is 11.6. The summed E-state index contributed by atoms with van der Waals surface area (Å²) in [6.45, 7) is 2.18. The number of hydrogen-bond donors (Lipinski definition) is 1. The van der Waals surface area contributed by atoms with Crippen molar-refractivity contribution in [3.8, 4) is 0 Å². The van der Waals surface area contributed by atoms with Gasteiger partial charge in [-0.3, -0.25) is 0 Å². The Bertz CT molecular complexity index is 143. The Hall–Kier alpha value is -0.440. The minimum Gasteiger partial charge on any atom is -0.478 e. The molecule has 70 valence electrons. The van der Waals surface area contributed by atoms with Gasteiger partial charge in [0.15, 0.2) is 0 Å². The molecule has 0 aromatic rings. The van der Waals surface area contributed by atoms with E-state index in [1.54, 1.807) is 17.8 Å². The monoisotopic (exact) mass is 188 g/mol. The van der Waals surface area contributed by atoms with Gasteiger partial charge >= 0.3 is 5.97 Å². The molecule has 0 saturated heterocycles. The zero-order valence-corrected chi connectivity index (χ0v) is 8.27. The number of carboxylic acids is 1. The third-order valence-corrected chi connectivity index (χ3v) is 2.37. The number of thioether (sulfide) groups is 1. The van der Waals surface area contributed by atoms with Crippen LogP contribution in [0.2, 0.25) is 0 Å². The molecule has 0 unspecified atom stereocenters. The van der Waals surface area contributed by atoms with Crippen LogP contribution in [0.3, 0.4) is 0 Å². The van der Waals surface area contributed by atoms with Gasteiger partial charge in [-0.15, -0.1) is 0 Å². The van der Waals surface area contributed by atoms with Crippen LogP contribution in [-0.2, 0) is 4.79 Å². The van der Waals surface area contributed by atoms with Crippen molar-refractivity contribution in [3.63, 3.8) is 0 Å². The maximum Gasteiger partial charge on any atom is 0.328 e. The minimum absolute atomic E-state index is 0.815. The molecular formula is C9H16O2S. The molecule has 0 fully saturated rings. The lowest BCUT2D eigenvalue weighted by Crippen LogP contribution is -1.87. The van der Waals surface area contributed by atoms with E-state index in [1.807, 2.05) is 0 Å². The second-order valence-electron chi connectivity index (χ2n) is 2.52. The van der Waals surface area contributed by atoms with Crippen molar-refractivity contribution < 1.29 is 9.90 Å². The minimum atomic E-state index is -0.857. The van der Waals surface area contributed by atoms with Gasteiger partial charge < -0.3 is 5.11 Å². The van der Waals surface area contributed by atoms with Gasteiger partial charge in [-0.25, -0.2) is 4.79 Å². The molecule has 2 nitrogen and oxygen atoms in total. The van der Waals surface area contributed by atoms with Gasteiger partial charge in [0, 0.05) is 11.8 Å². The largest absolute Gasteiger partial charge is 0.478 e. The quantitative estimate of drug-likeness (QED) is 0.493. The maximum absolute atomic E-state index is 10.0. The van der Waals surface area contributed by atoms with E-state index >= 15 is 0 Å². The first-order valence-electron chi connectivity index (χ1n) is 4.24. The summed E-state index contributed by atoms with van der Waals surface area (Å²) in [7, 11) is 0. The molecule has 0 aromatic heterocycles. The van der Waals surface area contributed by atoms with Gasteiger partial charge in [0.1, 0.15) is 0 Å². The smallest absolute Gasteiger partial charge is 0.328 e. The average molecular weight is 188 g/mol. The Labute approximate surface area is 78.0 Å². The molecule has 0 saturated carbocycles. The lowest BCUT2D eigenvalue weighted by Gasteiger charge is -1.95. The second kappa shape index (κ2) is 8.65. The Kier molecular flexibility index (Phi) is 8.34. The molecule has 0 rings (SSSR count). The van der Waals surface area contributed by atoms with Crippen molar-refractivity contribution in [1.29, 1.82) is 0 Å². The summed E-state index contributed by atoms with van der Waals surface area (Å²) in [4.78, 5) is 10.0. The van der Waals surface area contributed by atoms with Crippen LogP contribution in [0.5, 0.6) is 0 Å². The number of rotatable bonds is 7. The zero-order valence-electron chi connectivity index (χ0n) is 7.45. The number of unbranched alkanes of at least 4 members (excludes halogenated alkanes) is 2. The predicted octanol–water partition coefficient (Wildman–Crippen LogP) is 2.55. The molecule has 0 aliphatic heterocycles. The van der Waals surface area contributed by atoms with Crippen LogP contribution in [0, 0.1) is 0 Å². The highest BCUT2D eigenvalue weighted by Crippen LogP contribution is 2.05. The van der Waals surface area contributed by atoms with Crippen LogP contribution in [-0.4, -0.2) is 22.6 Å². The van der Waals surface area contributed by atoms with Crippen LogP contribution >= 0.6 is 11.8 Å².